The van der Waals surface area contributed by atoms with E-state index in [2.05, 4.69) is 15.3 Å². The first-order valence-electron chi connectivity index (χ1n) is 10.2. The lowest BCUT2D eigenvalue weighted by Crippen LogP contribution is -2.39. The van der Waals surface area contributed by atoms with Crippen LogP contribution in [-0.2, 0) is 11.2 Å². The van der Waals surface area contributed by atoms with Crippen LogP contribution in [0.5, 0.6) is 0 Å². The molecule has 0 saturated heterocycles. The molecule has 2 atom stereocenters. The molecular weight excluding hydrogens is 446 g/mol. The molecule has 3 N–H and O–H groups in total. The van der Waals surface area contributed by atoms with E-state index in [-0.39, 0.29) is 12.1 Å². The number of nitrogens with one attached hydrogen (secondary N) is 1. The summed E-state index contributed by atoms with van der Waals surface area (Å²) in [6.45, 7) is 1.57. The molecule has 0 aliphatic rings. The number of aliphatic carboxylic acids is 1. The van der Waals surface area contributed by atoms with Gasteiger partial charge < -0.3 is 15.5 Å². The highest BCUT2D eigenvalue weighted by molar-refractivity contribution is 6.30. The fourth-order valence-electron chi connectivity index (χ4n) is 3.35. The van der Waals surface area contributed by atoms with E-state index in [1.54, 1.807) is 13.0 Å². The molecule has 0 radical (unpaired) electrons. The summed E-state index contributed by atoms with van der Waals surface area (Å²) in [5.41, 5.74) is 2.74. The number of hydrogen-bond donors (Lipinski definition) is 3. The molecule has 1 aromatic heterocycles. The summed E-state index contributed by atoms with van der Waals surface area (Å²) in [5.74, 6) is -4.10. The van der Waals surface area contributed by atoms with Gasteiger partial charge in [0.25, 0.3) is 5.91 Å². The van der Waals surface area contributed by atoms with E-state index in [4.69, 9.17) is 16.7 Å². The zero-order chi connectivity index (χ0) is 24.0. The molecule has 0 aliphatic carbocycles. The molecule has 0 unspecified atom stereocenters. The van der Waals surface area contributed by atoms with Crippen LogP contribution >= 0.6 is 11.6 Å². The minimum absolute atomic E-state index is 0.105. The predicted molar refractivity (Wildman–Crippen MR) is 122 cm³/mol. The number of hydrogen-bond acceptors (Lipinski definition) is 5. The molecule has 9 heteroatoms. The molecule has 33 heavy (non-hydrogen) atoms. The maximum absolute atomic E-state index is 12.7. The Balaban J connectivity index is 1.77. The number of benzene rings is 2. The van der Waals surface area contributed by atoms with Crippen LogP contribution < -0.4 is 5.32 Å². The Kier molecular flexibility index (Phi) is 7.74. The quantitative estimate of drug-likeness (QED) is 0.434. The number of halogens is 1. The molecule has 1 amide bonds. The largest absolute Gasteiger partial charge is 0.481 e. The van der Waals surface area contributed by atoms with E-state index >= 15 is 0 Å². The number of carboxylic acid groups (broad SMARTS) is 2. The van der Waals surface area contributed by atoms with Crippen molar-refractivity contribution < 1.29 is 24.6 Å². The van der Waals surface area contributed by atoms with Crippen LogP contribution in [-0.4, -0.2) is 44.1 Å². The highest BCUT2D eigenvalue weighted by Gasteiger charge is 2.22. The average molecular weight is 468 g/mol. The third kappa shape index (κ3) is 6.60. The van der Waals surface area contributed by atoms with Crippen LogP contribution in [0.2, 0.25) is 5.02 Å². The van der Waals surface area contributed by atoms with Gasteiger partial charge in [0, 0.05) is 17.3 Å². The minimum Gasteiger partial charge on any atom is -0.481 e. The van der Waals surface area contributed by atoms with Gasteiger partial charge >= 0.3 is 11.9 Å². The average Bonchev–Trinajstić information content (AvgIpc) is 2.79. The molecule has 8 nitrogen and oxygen atoms in total. The van der Waals surface area contributed by atoms with Crippen molar-refractivity contribution >= 4 is 29.4 Å². The van der Waals surface area contributed by atoms with Gasteiger partial charge in [-0.15, -0.1) is 0 Å². The van der Waals surface area contributed by atoms with E-state index in [1.165, 1.54) is 12.3 Å². The van der Waals surface area contributed by atoms with E-state index in [0.29, 0.717) is 11.4 Å². The Bertz CT molecular complexity index is 1170. The van der Waals surface area contributed by atoms with Gasteiger partial charge in [0.2, 0.25) is 5.82 Å². The van der Waals surface area contributed by atoms with E-state index in [0.717, 1.165) is 16.7 Å². The second-order valence-electron chi connectivity index (χ2n) is 7.63. The number of amides is 1. The Hall–Kier alpha value is -3.78. The van der Waals surface area contributed by atoms with Gasteiger partial charge in [0.1, 0.15) is 5.69 Å². The molecule has 0 bridgehead atoms. The molecule has 0 saturated carbocycles. The van der Waals surface area contributed by atoms with Gasteiger partial charge in [-0.1, -0.05) is 54.9 Å². The minimum atomic E-state index is -1.35. The first kappa shape index (κ1) is 23.9. The summed E-state index contributed by atoms with van der Waals surface area (Å²) in [6.07, 6.45) is 1.76. The smallest absolute Gasteiger partial charge is 0.373 e. The predicted octanol–water partition coefficient (Wildman–Crippen LogP) is 3.95. The van der Waals surface area contributed by atoms with E-state index in [1.807, 2.05) is 42.5 Å². The van der Waals surface area contributed by atoms with Gasteiger partial charge in [-0.25, -0.2) is 14.8 Å². The van der Waals surface area contributed by atoms with Crippen LogP contribution in [0.25, 0.3) is 11.1 Å². The summed E-state index contributed by atoms with van der Waals surface area (Å²) in [4.78, 5) is 42.5. The van der Waals surface area contributed by atoms with Crippen LogP contribution in [0.15, 0.2) is 60.8 Å². The molecule has 170 valence electrons. The van der Waals surface area contributed by atoms with Gasteiger partial charge in [-0.2, -0.15) is 0 Å². The first-order valence-corrected chi connectivity index (χ1v) is 10.6. The molecule has 2 aromatic carbocycles. The van der Waals surface area contributed by atoms with Crippen molar-refractivity contribution in [3.63, 3.8) is 0 Å². The van der Waals surface area contributed by atoms with Crippen LogP contribution in [0.1, 0.15) is 40.0 Å². The van der Waals surface area contributed by atoms with Crippen molar-refractivity contribution in [2.45, 2.75) is 25.8 Å². The van der Waals surface area contributed by atoms with Crippen LogP contribution in [0.3, 0.4) is 0 Å². The van der Waals surface area contributed by atoms with E-state index in [9.17, 15) is 19.5 Å². The fraction of sp³-hybridized carbons (Fsp3) is 0.208. The second kappa shape index (κ2) is 10.7. The molecule has 1 heterocycles. The lowest BCUT2D eigenvalue weighted by Gasteiger charge is -2.21. The Morgan fingerprint density at radius 1 is 1.03 bits per heavy atom. The summed E-state index contributed by atoms with van der Waals surface area (Å²) in [7, 11) is 0. The van der Waals surface area contributed by atoms with E-state index < -0.39 is 35.6 Å². The Morgan fingerprint density at radius 3 is 2.39 bits per heavy atom. The van der Waals surface area contributed by atoms with Crippen molar-refractivity contribution in [3.8, 4) is 11.1 Å². The third-order valence-electron chi connectivity index (χ3n) is 5.07. The topological polar surface area (TPSA) is 129 Å². The van der Waals surface area contributed by atoms with Crippen molar-refractivity contribution in [1.29, 1.82) is 0 Å². The lowest BCUT2D eigenvalue weighted by molar-refractivity contribution is -0.141. The van der Waals surface area contributed by atoms with Crippen molar-refractivity contribution in [2.24, 2.45) is 5.92 Å². The normalized spacial score (nSPS) is 12.5. The highest BCUT2D eigenvalue weighted by atomic mass is 35.5. The molecule has 3 rings (SSSR count). The number of rotatable bonds is 9. The Morgan fingerprint density at radius 2 is 1.76 bits per heavy atom. The zero-order valence-electron chi connectivity index (χ0n) is 17.7. The van der Waals surface area contributed by atoms with Crippen molar-refractivity contribution in [3.05, 3.63) is 82.9 Å². The maximum Gasteiger partial charge on any atom is 0.373 e. The van der Waals surface area contributed by atoms with Gasteiger partial charge in [0.15, 0.2) is 0 Å². The summed E-state index contributed by atoms with van der Waals surface area (Å²) < 4.78 is 0. The fourth-order valence-corrected chi connectivity index (χ4v) is 3.54. The number of carbonyl (C=O) groups is 3. The molecule has 3 aromatic rings. The zero-order valence-corrected chi connectivity index (χ0v) is 18.5. The lowest BCUT2D eigenvalue weighted by atomic mass is 9.95. The number of carboxylic acids is 2. The highest BCUT2D eigenvalue weighted by Crippen LogP contribution is 2.23. The molecule has 0 aliphatic heterocycles. The second-order valence-corrected chi connectivity index (χ2v) is 8.06. The monoisotopic (exact) mass is 467 g/mol. The number of aromatic carboxylic acids is 1. The van der Waals surface area contributed by atoms with Crippen LogP contribution in [0.4, 0.5) is 0 Å². The van der Waals surface area contributed by atoms with Gasteiger partial charge in [-0.3, -0.25) is 9.59 Å². The molecular formula is C24H22ClN3O5. The van der Waals surface area contributed by atoms with Gasteiger partial charge in [-0.05, 0) is 47.7 Å². The van der Waals surface area contributed by atoms with Crippen molar-refractivity contribution in [2.75, 3.05) is 0 Å². The molecule has 0 fully saturated rings. The number of carbonyl (C=O) groups excluding carboxylic acids is 1. The van der Waals surface area contributed by atoms with Gasteiger partial charge in [0.05, 0.1) is 5.92 Å². The number of nitrogens with zero attached hydrogens (tertiary/aromatic N) is 2. The SMILES string of the molecule is C[C@@H](C[C@@H](Cc1ccc(-c2cccc(Cl)c2)cc1)NC(=O)c1ccnc(C(=O)O)n1)C(=O)O. The standard InChI is InChI=1S/C24H22ClN3O5/c1-14(23(30)31)11-19(27-22(29)20-9-10-26-21(28-20)24(32)33)12-15-5-7-16(8-6-15)17-3-2-4-18(25)13-17/h2-10,13-14,19H,11-12H2,1H3,(H,27,29)(H,30,31)(H,32,33)/t14-,19-/m0/s1. The molecule has 0 spiro atoms. The van der Waals surface area contributed by atoms with Crippen LogP contribution in [0, 0.1) is 5.92 Å². The summed E-state index contributed by atoms with van der Waals surface area (Å²) in [6, 6.07) is 16.0. The Labute approximate surface area is 195 Å². The first-order chi connectivity index (χ1) is 15.7. The summed E-state index contributed by atoms with van der Waals surface area (Å²) in [5, 5.41) is 21.8. The number of aromatic nitrogens is 2. The maximum atomic E-state index is 12.7. The third-order valence-corrected chi connectivity index (χ3v) is 5.30. The summed E-state index contributed by atoms with van der Waals surface area (Å²) >= 11 is 6.07. The van der Waals surface area contributed by atoms with Crippen molar-refractivity contribution in [1.82, 2.24) is 15.3 Å².